The van der Waals surface area contributed by atoms with E-state index in [1.807, 2.05) is 13.8 Å². The average Bonchev–Trinajstić information content (AvgIpc) is 2.26. The monoisotopic (exact) mass is 276 g/mol. The molecule has 4 nitrogen and oxygen atoms in total. The number of aromatic nitrogens is 2. The van der Waals surface area contributed by atoms with E-state index in [1.165, 1.54) is 4.90 Å². The molecule has 0 saturated heterocycles. The molecule has 0 fully saturated rings. The van der Waals surface area contributed by atoms with Crippen LogP contribution in [0.1, 0.15) is 19.5 Å². The zero-order valence-electron chi connectivity index (χ0n) is 11.8. The van der Waals surface area contributed by atoms with Gasteiger partial charge in [-0.05, 0) is 5.92 Å². The van der Waals surface area contributed by atoms with Gasteiger partial charge in [0.2, 0.25) is 5.95 Å². The van der Waals surface area contributed by atoms with Gasteiger partial charge in [0.15, 0.2) is 5.69 Å². The average molecular weight is 276 g/mol. The topological polar surface area (TPSA) is 32.3 Å². The van der Waals surface area contributed by atoms with Crippen molar-refractivity contribution in [2.45, 2.75) is 20.0 Å². The van der Waals surface area contributed by atoms with Gasteiger partial charge in [0.1, 0.15) is 5.82 Å². The Morgan fingerprint density at radius 1 is 1.16 bits per heavy atom. The van der Waals surface area contributed by atoms with Gasteiger partial charge in [-0.3, -0.25) is 0 Å². The highest BCUT2D eigenvalue weighted by Crippen LogP contribution is 2.30. The van der Waals surface area contributed by atoms with E-state index in [0.717, 1.165) is 6.07 Å². The second-order valence-corrected chi connectivity index (χ2v) is 5.08. The second-order valence-electron chi connectivity index (χ2n) is 5.08. The molecule has 0 bridgehead atoms. The Bertz CT molecular complexity index is 429. The van der Waals surface area contributed by atoms with E-state index in [2.05, 4.69) is 9.97 Å². The van der Waals surface area contributed by atoms with Crippen LogP contribution in [0.4, 0.5) is 24.9 Å². The van der Waals surface area contributed by atoms with E-state index in [9.17, 15) is 13.2 Å². The molecule has 0 radical (unpaired) electrons. The third kappa shape index (κ3) is 4.25. The Morgan fingerprint density at radius 2 is 1.74 bits per heavy atom. The van der Waals surface area contributed by atoms with E-state index in [4.69, 9.17) is 0 Å². The molecule has 0 amide bonds. The van der Waals surface area contributed by atoms with Crippen molar-refractivity contribution >= 4 is 11.8 Å². The molecular weight excluding hydrogens is 257 g/mol. The highest BCUT2D eigenvalue weighted by Gasteiger charge is 2.34. The van der Waals surface area contributed by atoms with E-state index >= 15 is 0 Å². The summed E-state index contributed by atoms with van der Waals surface area (Å²) in [6.45, 7) is 4.56. The summed E-state index contributed by atoms with van der Waals surface area (Å²) in [7, 11) is 4.98. The van der Waals surface area contributed by atoms with Crippen molar-refractivity contribution in [2.24, 2.45) is 5.92 Å². The van der Waals surface area contributed by atoms with Gasteiger partial charge in [-0.15, -0.1) is 0 Å². The lowest BCUT2D eigenvalue weighted by molar-refractivity contribution is -0.141. The molecule has 108 valence electrons. The van der Waals surface area contributed by atoms with Gasteiger partial charge in [-0.25, -0.2) is 4.98 Å². The van der Waals surface area contributed by atoms with E-state index in [0.29, 0.717) is 12.5 Å². The predicted molar refractivity (Wildman–Crippen MR) is 69.5 cm³/mol. The Hall–Kier alpha value is -1.53. The van der Waals surface area contributed by atoms with Gasteiger partial charge in [0.05, 0.1) is 0 Å². The number of nitrogens with zero attached hydrogens (tertiary/aromatic N) is 4. The third-order valence-corrected chi connectivity index (χ3v) is 2.43. The standard InChI is InChI=1S/C12H19F3N4/c1-8(2)7-19(5)11-16-9(12(13,14)15)6-10(17-11)18(3)4/h6,8H,7H2,1-5H3. The summed E-state index contributed by atoms with van der Waals surface area (Å²) >= 11 is 0. The highest BCUT2D eigenvalue weighted by atomic mass is 19.4. The zero-order valence-corrected chi connectivity index (χ0v) is 11.8. The van der Waals surface area contributed by atoms with Gasteiger partial charge in [-0.1, -0.05) is 13.8 Å². The molecule has 0 aromatic carbocycles. The molecule has 0 saturated carbocycles. The molecule has 19 heavy (non-hydrogen) atoms. The maximum atomic E-state index is 12.8. The smallest absolute Gasteiger partial charge is 0.363 e. The fraction of sp³-hybridized carbons (Fsp3) is 0.667. The number of anilines is 2. The lowest BCUT2D eigenvalue weighted by Crippen LogP contribution is -2.27. The van der Waals surface area contributed by atoms with Crippen LogP contribution in [-0.4, -0.2) is 37.7 Å². The summed E-state index contributed by atoms with van der Waals surface area (Å²) in [5.74, 6) is 0.645. The summed E-state index contributed by atoms with van der Waals surface area (Å²) in [5, 5.41) is 0. The first kappa shape index (κ1) is 15.5. The number of hydrogen-bond acceptors (Lipinski definition) is 4. The van der Waals surface area contributed by atoms with Gasteiger partial charge < -0.3 is 9.80 Å². The molecule has 0 spiro atoms. The van der Waals surface area contributed by atoms with E-state index < -0.39 is 11.9 Å². The molecule has 0 aliphatic heterocycles. The first-order valence-electron chi connectivity index (χ1n) is 5.96. The summed E-state index contributed by atoms with van der Waals surface area (Å²) in [6.07, 6.45) is -4.47. The van der Waals surface area contributed by atoms with E-state index in [1.54, 1.807) is 26.0 Å². The van der Waals surface area contributed by atoms with Crippen LogP contribution in [0.2, 0.25) is 0 Å². The molecule has 7 heteroatoms. The normalized spacial score (nSPS) is 11.8. The molecule has 0 unspecified atom stereocenters. The van der Waals surface area contributed by atoms with Crippen molar-refractivity contribution < 1.29 is 13.2 Å². The molecule has 0 atom stereocenters. The summed E-state index contributed by atoms with van der Waals surface area (Å²) < 4.78 is 38.4. The van der Waals surface area contributed by atoms with Crippen LogP contribution < -0.4 is 9.80 Å². The molecule has 1 aromatic heterocycles. The van der Waals surface area contributed by atoms with Gasteiger partial charge in [0, 0.05) is 33.8 Å². The van der Waals surface area contributed by atoms with Crippen molar-refractivity contribution in [1.29, 1.82) is 0 Å². The van der Waals surface area contributed by atoms with Gasteiger partial charge >= 0.3 is 6.18 Å². The summed E-state index contributed by atoms with van der Waals surface area (Å²) in [5.41, 5.74) is -0.920. The highest BCUT2D eigenvalue weighted by molar-refractivity contribution is 5.45. The largest absolute Gasteiger partial charge is 0.433 e. The number of halogens is 3. The predicted octanol–water partition coefficient (Wildman–Crippen LogP) is 2.65. The number of alkyl halides is 3. The maximum absolute atomic E-state index is 12.8. The quantitative estimate of drug-likeness (QED) is 0.846. The van der Waals surface area contributed by atoms with Crippen LogP contribution >= 0.6 is 0 Å². The van der Waals surface area contributed by atoms with Crippen LogP contribution in [0.3, 0.4) is 0 Å². The number of rotatable bonds is 4. The Balaban J connectivity index is 3.20. The molecular formula is C12H19F3N4. The minimum atomic E-state index is -4.47. The lowest BCUT2D eigenvalue weighted by atomic mass is 10.2. The Morgan fingerprint density at radius 3 is 2.16 bits per heavy atom. The first-order chi connectivity index (χ1) is 8.61. The molecule has 1 aromatic rings. The summed E-state index contributed by atoms with van der Waals surface area (Å²) in [4.78, 5) is 10.9. The summed E-state index contributed by atoms with van der Waals surface area (Å²) in [6, 6.07) is 0.951. The zero-order chi connectivity index (χ0) is 14.8. The fourth-order valence-electron chi connectivity index (χ4n) is 1.60. The van der Waals surface area contributed by atoms with Crippen molar-refractivity contribution in [3.63, 3.8) is 0 Å². The second kappa shape index (κ2) is 5.63. The van der Waals surface area contributed by atoms with Crippen LogP contribution in [0, 0.1) is 5.92 Å². The molecule has 0 N–H and O–H groups in total. The minimum Gasteiger partial charge on any atom is -0.363 e. The van der Waals surface area contributed by atoms with Crippen molar-refractivity contribution in [1.82, 2.24) is 9.97 Å². The van der Waals surface area contributed by atoms with Crippen LogP contribution in [0.5, 0.6) is 0 Å². The molecule has 0 aliphatic carbocycles. The van der Waals surface area contributed by atoms with Crippen molar-refractivity contribution in [2.75, 3.05) is 37.5 Å². The third-order valence-electron chi connectivity index (χ3n) is 2.43. The van der Waals surface area contributed by atoms with Crippen LogP contribution in [-0.2, 0) is 6.18 Å². The van der Waals surface area contributed by atoms with Gasteiger partial charge in [0.25, 0.3) is 0 Å². The number of hydrogen-bond donors (Lipinski definition) is 0. The molecule has 0 aliphatic rings. The van der Waals surface area contributed by atoms with E-state index in [-0.39, 0.29) is 11.8 Å². The minimum absolute atomic E-state index is 0.0900. The fourth-order valence-corrected chi connectivity index (χ4v) is 1.60. The maximum Gasteiger partial charge on any atom is 0.433 e. The lowest BCUT2D eigenvalue weighted by Gasteiger charge is -2.22. The Kier molecular flexibility index (Phi) is 4.60. The van der Waals surface area contributed by atoms with Crippen molar-refractivity contribution in [3.05, 3.63) is 11.8 Å². The van der Waals surface area contributed by atoms with Crippen LogP contribution in [0.15, 0.2) is 6.07 Å². The molecule has 1 rings (SSSR count). The van der Waals surface area contributed by atoms with Crippen molar-refractivity contribution in [3.8, 4) is 0 Å². The van der Waals surface area contributed by atoms with Crippen LogP contribution in [0.25, 0.3) is 0 Å². The SMILES string of the molecule is CC(C)CN(C)c1nc(N(C)C)cc(C(F)(F)F)n1. The van der Waals surface area contributed by atoms with Gasteiger partial charge in [-0.2, -0.15) is 18.2 Å². The molecule has 1 heterocycles. The first-order valence-corrected chi connectivity index (χ1v) is 5.96. The Labute approximate surface area is 111 Å².